The molecule has 1 aromatic heterocycles. The van der Waals surface area contributed by atoms with Gasteiger partial charge < -0.3 is 14.6 Å². The number of hydrogen-bond donors (Lipinski definition) is 2. The van der Waals surface area contributed by atoms with Gasteiger partial charge in [0.15, 0.2) is 6.39 Å². The van der Waals surface area contributed by atoms with Gasteiger partial charge in [-0.3, -0.25) is 9.59 Å². The van der Waals surface area contributed by atoms with Crippen LogP contribution in [0.15, 0.2) is 76.6 Å². The van der Waals surface area contributed by atoms with Crippen LogP contribution in [-0.4, -0.2) is 49.2 Å². The molecule has 1 atom stereocenters. The highest BCUT2D eigenvalue weighted by atomic mass is 32.2. The number of nitrogens with zero attached hydrogens (tertiary/aromatic N) is 2. The summed E-state index contributed by atoms with van der Waals surface area (Å²) in [7, 11) is -3.70. The molecule has 3 aromatic rings. The molecule has 0 bridgehead atoms. The summed E-state index contributed by atoms with van der Waals surface area (Å²) in [4.78, 5) is 31.4. The fourth-order valence-electron chi connectivity index (χ4n) is 4.99. The van der Waals surface area contributed by atoms with Crippen molar-refractivity contribution in [2.24, 2.45) is 5.92 Å². The highest BCUT2D eigenvalue weighted by molar-refractivity contribution is 7.89. The number of carbonyl (C=O) groups is 2. The average Bonchev–Trinajstić information content (AvgIpc) is 3.44. The number of carbonyl (C=O) groups excluding carboxylic acids is 2. The number of piperazine rings is 1. The van der Waals surface area contributed by atoms with Crippen molar-refractivity contribution in [3.05, 3.63) is 72.8 Å². The molecule has 2 aromatic carbocycles. The standard InChI is InChI=1S/C26H28N4O5S/c31-25-15-30(24(14-27-25)19-4-2-1-3-5-19)26(32)20-6-10-21(11-7-20)29-36(33,34)22-12-8-18(9-13-22)23-16-35-17-28-23/h1-5,8-9,12-13,16-17,20-21,24,29H,6-7,10-11,14-15H2,(H,27,31)/t20-,21-,24-/m1/s1. The topological polar surface area (TPSA) is 122 Å². The Kier molecular flexibility index (Phi) is 6.88. The smallest absolute Gasteiger partial charge is 0.240 e. The molecule has 2 heterocycles. The third-order valence-electron chi connectivity index (χ3n) is 6.94. The first-order chi connectivity index (χ1) is 17.4. The Balaban J connectivity index is 1.20. The number of benzene rings is 2. The van der Waals surface area contributed by atoms with E-state index in [2.05, 4.69) is 15.0 Å². The van der Waals surface area contributed by atoms with E-state index in [-0.39, 0.29) is 41.3 Å². The van der Waals surface area contributed by atoms with Crippen LogP contribution in [0, 0.1) is 5.92 Å². The summed E-state index contributed by atoms with van der Waals surface area (Å²) in [5, 5.41) is 2.86. The second-order valence-electron chi connectivity index (χ2n) is 9.26. The Morgan fingerprint density at radius 3 is 2.42 bits per heavy atom. The minimum Gasteiger partial charge on any atom is -0.451 e. The number of hydrogen-bond acceptors (Lipinski definition) is 6. The van der Waals surface area contributed by atoms with Crippen molar-refractivity contribution < 1.29 is 22.4 Å². The highest BCUT2D eigenvalue weighted by Crippen LogP contribution is 2.31. The number of sulfonamides is 1. The van der Waals surface area contributed by atoms with Crippen molar-refractivity contribution in [3.8, 4) is 11.3 Å². The molecule has 2 fully saturated rings. The zero-order chi connectivity index (χ0) is 25.1. The van der Waals surface area contributed by atoms with E-state index < -0.39 is 10.0 Å². The van der Waals surface area contributed by atoms with Gasteiger partial charge in [-0.1, -0.05) is 42.5 Å². The molecule has 1 aliphatic heterocycles. The second kappa shape index (κ2) is 10.2. The average molecular weight is 509 g/mol. The van der Waals surface area contributed by atoms with Gasteiger partial charge in [0.2, 0.25) is 21.8 Å². The van der Waals surface area contributed by atoms with Crippen molar-refractivity contribution in [3.63, 3.8) is 0 Å². The summed E-state index contributed by atoms with van der Waals surface area (Å²) < 4.78 is 33.6. The predicted octanol–water partition coefficient (Wildman–Crippen LogP) is 2.88. The molecule has 36 heavy (non-hydrogen) atoms. The van der Waals surface area contributed by atoms with Gasteiger partial charge in [0, 0.05) is 24.1 Å². The van der Waals surface area contributed by atoms with Crippen LogP contribution in [0.2, 0.25) is 0 Å². The van der Waals surface area contributed by atoms with Gasteiger partial charge in [-0.05, 0) is 43.4 Å². The summed E-state index contributed by atoms with van der Waals surface area (Å²) >= 11 is 0. The molecule has 10 heteroatoms. The Morgan fingerprint density at radius 1 is 1.03 bits per heavy atom. The van der Waals surface area contributed by atoms with Crippen molar-refractivity contribution in [1.82, 2.24) is 19.9 Å². The SMILES string of the molecule is O=C1CN(C(=O)[C@H]2CC[C@H](NS(=O)(=O)c3ccc(-c4cocn4)cc3)CC2)[C@@H](c2ccccc2)CN1. The normalized spacial score (nSPS) is 22.7. The molecule has 2 N–H and O–H groups in total. The first-order valence-electron chi connectivity index (χ1n) is 12.0. The molecule has 1 saturated heterocycles. The van der Waals surface area contributed by atoms with Crippen LogP contribution < -0.4 is 10.0 Å². The Hall–Kier alpha value is -3.50. The van der Waals surface area contributed by atoms with Gasteiger partial charge in [-0.15, -0.1) is 0 Å². The van der Waals surface area contributed by atoms with E-state index in [1.54, 1.807) is 29.2 Å². The quantitative estimate of drug-likeness (QED) is 0.528. The Labute approximate surface area is 210 Å². The molecule has 188 valence electrons. The number of amides is 2. The van der Waals surface area contributed by atoms with E-state index in [9.17, 15) is 18.0 Å². The maximum Gasteiger partial charge on any atom is 0.240 e. The Morgan fingerprint density at radius 2 is 1.75 bits per heavy atom. The number of nitrogens with one attached hydrogen (secondary N) is 2. The summed E-state index contributed by atoms with van der Waals surface area (Å²) in [6.07, 6.45) is 5.07. The summed E-state index contributed by atoms with van der Waals surface area (Å²) in [5.41, 5.74) is 2.39. The highest BCUT2D eigenvalue weighted by Gasteiger charge is 2.37. The minimum absolute atomic E-state index is 0.0370. The summed E-state index contributed by atoms with van der Waals surface area (Å²) in [6, 6.07) is 15.7. The molecule has 0 spiro atoms. The van der Waals surface area contributed by atoms with Crippen LogP contribution in [0.5, 0.6) is 0 Å². The molecule has 1 aliphatic carbocycles. The lowest BCUT2D eigenvalue weighted by Gasteiger charge is -2.39. The maximum absolute atomic E-state index is 13.4. The molecule has 2 aliphatic rings. The van der Waals surface area contributed by atoms with Gasteiger partial charge in [0.1, 0.15) is 18.5 Å². The largest absolute Gasteiger partial charge is 0.451 e. The number of rotatable bonds is 6. The maximum atomic E-state index is 13.4. The lowest BCUT2D eigenvalue weighted by molar-refractivity contribution is -0.145. The van der Waals surface area contributed by atoms with Crippen molar-refractivity contribution in [2.75, 3.05) is 13.1 Å². The lowest BCUT2D eigenvalue weighted by atomic mass is 9.85. The predicted molar refractivity (Wildman–Crippen MR) is 132 cm³/mol. The molecule has 5 rings (SSSR count). The molecule has 2 amide bonds. The lowest BCUT2D eigenvalue weighted by Crippen LogP contribution is -2.54. The van der Waals surface area contributed by atoms with E-state index in [4.69, 9.17) is 4.42 Å². The first kappa shape index (κ1) is 24.2. The van der Waals surface area contributed by atoms with E-state index in [0.717, 1.165) is 11.1 Å². The van der Waals surface area contributed by atoms with Crippen molar-refractivity contribution in [2.45, 2.75) is 42.7 Å². The van der Waals surface area contributed by atoms with Gasteiger partial charge >= 0.3 is 0 Å². The fraction of sp³-hybridized carbons (Fsp3) is 0.346. The first-order valence-corrected chi connectivity index (χ1v) is 13.5. The van der Waals surface area contributed by atoms with Gasteiger partial charge in [0.05, 0.1) is 10.9 Å². The van der Waals surface area contributed by atoms with Gasteiger partial charge in [0.25, 0.3) is 0 Å². The van der Waals surface area contributed by atoms with Crippen LogP contribution in [0.3, 0.4) is 0 Å². The Bertz CT molecular complexity index is 1300. The fourth-order valence-corrected chi connectivity index (χ4v) is 6.29. The van der Waals surface area contributed by atoms with Crippen LogP contribution in [0.1, 0.15) is 37.3 Å². The number of oxazole rings is 1. The zero-order valence-electron chi connectivity index (χ0n) is 19.7. The monoisotopic (exact) mass is 508 g/mol. The van der Waals surface area contributed by atoms with Crippen LogP contribution >= 0.6 is 0 Å². The third kappa shape index (κ3) is 5.19. The van der Waals surface area contributed by atoms with E-state index in [1.807, 2.05) is 30.3 Å². The summed E-state index contributed by atoms with van der Waals surface area (Å²) in [5.74, 6) is -0.431. The number of aromatic nitrogens is 1. The third-order valence-corrected chi connectivity index (χ3v) is 8.48. The van der Waals surface area contributed by atoms with Gasteiger partial charge in [-0.2, -0.15) is 0 Å². The molecular formula is C26H28N4O5S. The van der Waals surface area contributed by atoms with Crippen LogP contribution in [-0.2, 0) is 19.6 Å². The van der Waals surface area contributed by atoms with Crippen molar-refractivity contribution >= 4 is 21.8 Å². The zero-order valence-corrected chi connectivity index (χ0v) is 20.5. The molecule has 1 saturated carbocycles. The van der Waals surface area contributed by atoms with Crippen LogP contribution in [0.25, 0.3) is 11.3 Å². The molecule has 0 radical (unpaired) electrons. The minimum atomic E-state index is -3.70. The van der Waals surface area contributed by atoms with Gasteiger partial charge in [-0.25, -0.2) is 18.1 Å². The van der Waals surface area contributed by atoms with E-state index in [0.29, 0.717) is 37.9 Å². The molecule has 9 nitrogen and oxygen atoms in total. The summed E-state index contributed by atoms with van der Waals surface area (Å²) in [6.45, 7) is 0.425. The van der Waals surface area contributed by atoms with E-state index in [1.165, 1.54) is 12.7 Å². The second-order valence-corrected chi connectivity index (χ2v) is 11.0. The van der Waals surface area contributed by atoms with E-state index >= 15 is 0 Å². The van der Waals surface area contributed by atoms with Crippen molar-refractivity contribution in [1.29, 1.82) is 0 Å². The molecule has 0 unspecified atom stereocenters. The van der Waals surface area contributed by atoms with Crippen LogP contribution in [0.4, 0.5) is 0 Å². The molecular weight excluding hydrogens is 480 g/mol.